The van der Waals surface area contributed by atoms with Gasteiger partial charge in [-0.2, -0.15) is 4.98 Å². The quantitative estimate of drug-likeness (QED) is 0.601. The molecule has 4 rings (SSSR count). The molecule has 1 aliphatic rings. The monoisotopic (exact) mass is 429 g/mol. The molecule has 1 amide bonds. The zero-order valence-corrected chi connectivity index (χ0v) is 16.5. The van der Waals surface area contributed by atoms with Gasteiger partial charge in [-0.25, -0.2) is 4.39 Å². The van der Waals surface area contributed by atoms with Crippen molar-refractivity contribution in [3.8, 4) is 11.4 Å². The Labute approximate surface area is 164 Å². The second-order valence-electron chi connectivity index (χ2n) is 6.78. The van der Waals surface area contributed by atoms with Crippen molar-refractivity contribution >= 4 is 27.5 Å². The van der Waals surface area contributed by atoms with Gasteiger partial charge in [0.2, 0.25) is 17.6 Å². The average Bonchev–Trinajstić information content (AvgIpc) is 3.26. The Morgan fingerprint density at radius 1 is 1.22 bits per heavy atom. The standard InChI is InChI=1S/C20H17BrFN3O2/c1-11-3-4-12(2)17(7-11)25-10-14(9-18(25)26)20-23-19(24-27-20)13-5-6-16(22)15(21)8-13/h3-8,14H,9-10H2,1-2H3. The highest BCUT2D eigenvalue weighted by atomic mass is 79.9. The fraction of sp³-hybridized carbons (Fsp3) is 0.250. The molecule has 0 bridgehead atoms. The fourth-order valence-corrected chi connectivity index (χ4v) is 3.65. The Kier molecular flexibility index (Phi) is 4.55. The van der Waals surface area contributed by atoms with Crippen LogP contribution >= 0.6 is 15.9 Å². The zero-order chi connectivity index (χ0) is 19.1. The number of carbonyl (C=O) groups excluding carboxylic acids is 1. The highest BCUT2D eigenvalue weighted by Crippen LogP contribution is 2.34. The van der Waals surface area contributed by atoms with Crippen LogP contribution in [0, 0.1) is 19.7 Å². The van der Waals surface area contributed by atoms with E-state index in [1.807, 2.05) is 32.0 Å². The lowest BCUT2D eigenvalue weighted by Crippen LogP contribution is -2.25. The van der Waals surface area contributed by atoms with Crippen molar-refractivity contribution in [1.29, 1.82) is 0 Å². The van der Waals surface area contributed by atoms with Crippen LogP contribution < -0.4 is 4.90 Å². The van der Waals surface area contributed by atoms with Crippen LogP contribution in [0.1, 0.15) is 29.4 Å². The molecule has 3 aromatic rings. The minimum Gasteiger partial charge on any atom is -0.339 e. The molecule has 2 heterocycles. The molecule has 138 valence electrons. The van der Waals surface area contributed by atoms with E-state index in [0.717, 1.165) is 16.8 Å². The minimum absolute atomic E-state index is 0.0398. The van der Waals surface area contributed by atoms with E-state index >= 15 is 0 Å². The summed E-state index contributed by atoms with van der Waals surface area (Å²) >= 11 is 3.16. The van der Waals surface area contributed by atoms with Gasteiger partial charge in [0.15, 0.2) is 0 Å². The molecule has 1 fully saturated rings. The number of nitrogens with zero attached hydrogens (tertiary/aromatic N) is 3. The number of benzene rings is 2. The van der Waals surface area contributed by atoms with Crippen LogP contribution in [-0.4, -0.2) is 22.6 Å². The first-order valence-electron chi connectivity index (χ1n) is 8.59. The molecule has 5 nitrogen and oxygen atoms in total. The maximum Gasteiger partial charge on any atom is 0.232 e. The van der Waals surface area contributed by atoms with Crippen LogP contribution in [0.25, 0.3) is 11.4 Å². The molecule has 2 aromatic carbocycles. The molecule has 1 aromatic heterocycles. The number of aromatic nitrogens is 2. The molecule has 0 aliphatic carbocycles. The van der Waals surface area contributed by atoms with Gasteiger partial charge in [-0.05, 0) is 65.2 Å². The van der Waals surface area contributed by atoms with E-state index in [-0.39, 0.29) is 17.6 Å². The lowest BCUT2D eigenvalue weighted by molar-refractivity contribution is -0.117. The van der Waals surface area contributed by atoms with Gasteiger partial charge < -0.3 is 9.42 Å². The van der Waals surface area contributed by atoms with Crippen LogP contribution in [0.2, 0.25) is 0 Å². The molecule has 0 N–H and O–H groups in total. The van der Waals surface area contributed by atoms with Crippen molar-refractivity contribution in [3.05, 3.63) is 63.7 Å². The number of anilines is 1. The summed E-state index contributed by atoms with van der Waals surface area (Å²) in [7, 11) is 0. The Morgan fingerprint density at radius 3 is 2.81 bits per heavy atom. The van der Waals surface area contributed by atoms with Crippen molar-refractivity contribution in [2.45, 2.75) is 26.2 Å². The molecule has 1 aliphatic heterocycles. The summed E-state index contributed by atoms with van der Waals surface area (Å²) in [4.78, 5) is 18.8. The number of rotatable bonds is 3. The second kappa shape index (κ2) is 6.88. The fourth-order valence-electron chi connectivity index (χ4n) is 3.27. The smallest absolute Gasteiger partial charge is 0.232 e. The Morgan fingerprint density at radius 2 is 2.04 bits per heavy atom. The van der Waals surface area contributed by atoms with Crippen molar-refractivity contribution in [3.63, 3.8) is 0 Å². The predicted molar refractivity (Wildman–Crippen MR) is 103 cm³/mol. The molecular weight excluding hydrogens is 413 g/mol. The van der Waals surface area contributed by atoms with Crippen molar-refractivity contribution in [2.24, 2.45) is 0 Å². The first kappa shape index (κ1) is 17.9. The van der Waals surface area contributed by atoms with E-state index in [1.165, 1.54) is 6.07 Å². The van der Waals surface area contributed by atoms with Gasteiger partial charge in [-0.1, -0.05) is 17.3 Å². The van der Waals surface area contributed by atoms with Gasteiger partial charge >= 0.3 is 0 Å². The first-order valence-corrected chi connectivity index (χ1v) is 9.38. The van der Waals surface area contributed by atoms with E-state index in [9.17, 15) is 9.18 Å². The largest absolute Gasteiger partial charge is 0.339 e. The van der Waals surface area contributed by atoms with E-state index < -0.39 is 0 Å². The summed E-state index contributed by atoms with van der Waals surface area (Å²) in [6, 6.07) is 10.6. The van der Waals surface area contributed by atoms with Crippen LogP contribution in [0.5, 0.6) is 0 Å². The van der Waals surface area contributed by atoms with E-state index in [1.54, 1.807) is 17.0 Å². The van der Waals surface area contributed by atoms with Gasteiger partial charge in [0.1, 0.15) is 5.82 Å². The topological polar surface area (TPSA) is 59.2 Å². The van der Waals surface area contributed by atoms with Crippen molar-refractivity contribution in [1.82, 2.24) is 10.1 Å². The number of hydrogen-bond acceptors (Lipinski definition) is 4. The van der Waals surface area contributed by atoms with Gasteiger partial charge in [0.25, 0.3) is 0 Å². The average molecular weight is 430 g/mol. The molecule has 1 atom stereocenters. The number of amides is 1. The van der Waals surface area contributed by atoms with Crippen LogP contribution in [-0.2, 0) is 4.79 Å². The summed E-state index contributed by atoms with van der Waals surface area (Å²) in [6.45, 7) is 4.50. The van der Waals surface area contributed by atoms with Crippen molar-refractivity contribution in [2.75, 3.05) is 11.4 Å². The molecule has 0 radical (unpaired) electrons. The summed E-state index contributed by atoms with van der Waals surface area (Å²) < 4.78 is 19.2. The third-order valence-corrected chi connectivity index (χ3v) is 5.36. The van der Waals surface area contributed by atoms with Crippen LogP contribution in [0.4, 0.5) is 10.1 Å². The Bertz CT molecular complexity index is 1030. The third kappa shape index (κ3) is 3.39. The Hall–Kier alpha value is -2.54. The minimum atomic E-state index is -0.354. The maximum atomic E-state index is 13.4. The van der Waals surface area contributed by atoms with Crippen molar-refractivity contribution < 1.29 is 13.7 Å². The molecule has 1 saturated heterocycles. The molecule has 1 unspecified atom stereocenters. The van der Waals surface area contributed by atoms with Gasteiger partial charge in [0.05, 0.1) is 10.4 Å². The number of aryl methyl sites for hydroxylation is 2. The molecule has 7 heteroatoms. The van der Waals surface area contributed by atoms with Crippen LogP contribution in [0.3, 0.4) is 0 Å². The highest BCUT2D eigenvalue weighted by molar-refractivity contribution is 9.10. The normalized spacial score (nSPS) is 17.0. The van der Waals surface area contributed by atoms with Gasteiger partial charge in [-0.3, -0.25) is 4.79 Å². The lowest BCUT2D eigenvalue weighted by atomic mass is 10.1. The number of carbonyl (C=O) groups is 1. The molecular formula is C20H17BrFN3O2. The van der Waals surface area contributed by atoms with E-state index in [4.69, 9.17) is 4.52 Å². The Balaban J connectivity index is 1.58. The maximum absolute atomic E-state index is 13.4. The van der Waals surface area contributed by atoms with E-state index in [2.05, 4.69) is 26.1 Å². The predicted octanol–water partition coefficient (Wildman–Crippen LogP) is 4.78. The SMILES string of the molecule is Cc1ccc(C)c(N2CC(c3nc(-c4ccc(F)c(Br)c4)no3)CC2=O)c1. The summed E-state index contributed by atoms with van der Waals surface area (Å²) in [6.07, 6.45) is 0.322. The zero-order valence-electron chi connectivity index (χ0n) is 14.9. The summed E-state index contributed by atoms with van der Waals surface area (Å²) in [5.41, 5.74) is 3.73. The van der Waals surface area contributed by atoms with E-state index in [0.29, 0.717) is 34.7 Å². The molecule has 0 spiro atoms. The summed E-state index contributed by atoms with van der Waals surface area (Å²) in [5.74, 6) is 0.323. The third-order valence-electron chi connectivity index (χ3n) is 4.75. The number of halogens is 2. The lowest BCUT2D eigenvalue weighted by Gasteiger charge is -2.19. The molecule has 0 saturated carbocycles. The van der Waals surface area contributed by atoms with Gasteiger partial charge in [-0.15, -0.1) is 0 Å². The number of hydrogen-bond donors (Lipinski definition) is 0. The van der Waals surface area contributed by atoms with Gasteiger partial charge in [0, 0.05) is 24.2 Å². The first-order chi connectivity index (χ1) is 12.9. The highest BCUT2D eigenvalue weighted by Gasteiger charge is 2.35. The second-order valence-corrected chi connectivity index (χ2v) is 7.63. The van der Waals surface area contributed by atoms with Crippen LogP contribution in [0.15, 0.2) is 45.4 Å². The summed E-state index contributed by atoms with van der Waals surface area (Å²) in [5, 5.41) is 4.00. The molecule has 27 heavy (non-hydrogen) atoms.